The molecule has 0 aliphatic rings. The predicted molar refractivity (Wildman–Crippen MR) is 190 cm³/mol. The third kappa shape index (κ3) is 4.07. The van der Waals surface area contributed by atoms with E-state index in [9.17, 15) is 0 Å². The Morgan fingerprint density at radius 1 is 0.333 bits per heavy atom. The van der Waals surface area contributed by atoms with E-state index in [0.29, 0.717) is 0 Å². The number of aromatic nitrogens is 2. The Labute approximate surface area is 261 Å². The van der Waals surface area contributed by atoms with E-state index in [1.165, 1.54) is 76.9 Å². The molecule has 0 fully saturated rings. The van der Waals surface area contributed by atoms with Gasteiger partial charge in [0.05, 0.1) is 16.7 Å². The molecule has 0 spiro atoms. The molecular formula is C43H28N2. The molecule has 9 aromatic rings. The lowest BCUT2D eigenvalue weighted by Crippen LogP contribution is -1.93. The van der Waals surface area contributed by atoms with Gasteiger partial charge >= 0.3 is 0 Å². The molecule has 7 aromatic carbocycles. The lowest BCUT2D eigenvalue weighted by Gasteiger charge is -2.17. The molecule has 9 rings (SSSR count). The number of nitrogens with zero attached hydrogens (tertiary/aromatic N) is 2. The largest absolute Gasteiger partial charge is 0.309 e. The quantitative estimate of drug-likeness (QED) is 0.192. The molecule has 2 nitrogen and oxygen atoms in total. The highest BCUT2D eigenvalue weighted by atomic mass is 15.0. The number of fused-ring (bicyclic) bond motifs is 5. The molecule has 0 unspecified atom stereocenters. The SMILES string of the molecule is c1ccc(-c2c3ccccc3c(-c3ccc(-c4ccc(-n5c6ccccc6c6ccccc65)cc4)cc3)c3ccccc23)nc1. The van der Waals surface area contributed by atoms with E-state index in [1.807, 2.05) is 12.3 Å². The van der Waals surface area contributed by atoms with Gasteiger partial charge in [-0.2, -0.15) is 0 Å². The molecule has 0 atom stereocenters. The fourth-order valence-electron chi connectivity index (χ4n) is 7.06. The van der Waals surface area contributed by atoms with Gasteiger partial charge in [-0.05, 0) is 80.2 Å². The van der Waals surface area contributed by atoms with Crippen LogP contribution in [0.4, 0.5) is 0 Å². The van der Waals surface area contributed by atoms with E-state index in [1.54, 1.807) is 0 Å². The zero-order valence-electron chi connectivity index (χ0n) is 24.6. The highest BCUT2D eigenvalue weighted by Crippen LogP contribution is 2.43. The monoisotopic (exact) mass is 572 g/mol. The molecule has 0 bridgehead atoms. The smallest absolute Gasteiger partial charge is 0.0714 e. The topological polar surface area (TPSA) is 17.8 Å². The molecule has 0 aliphatic carbocycles. The number of para-hydroxylation sites is 2. The van der Waals surface area contributed by atoms with Crippen molar-refractivity contribution in [1.29, 1.82) is 0 Å². The minimum Gasteiger partial charge on any atom is -0.309 e. The molecule has 2 heteroatoms. The lowest BCUT2D eigenvalue weighted by molar-refractivity contribution is 1.18. The molecule has 0 N–H and O–H groups in total. The van der Waals surface area contributed by atoms with E-state index < -0.39 is 0 Å². The zero-order chi connectivity index (χ0) is 29.7. The van der Waals surface area contributed by atoms with Crippen LogP contribution in [-0.2, 0) is 0 Å². The van der Waals surface area contributed by atoms with Gasteiger partial charge in [0.15, 0.2) is 0 Å². The molecule has 0 aliphatic heterocycles. The van der Waals surface area contributed by atoms with Crippen molar-refractivity contribution in [3.05, 3.63) is 170 Å². The Balaban J connectivity index is 1.14. The summed E-state index contributed by atoms with van der Waals surface area (Å²) in [4.78, 5) is 4.75. The average molecular weight is 573 g/mol. The summed E-state index contributed by atoms with van der Waals surface area (Å²) in [7, 11) is 0. The Kier molecular flexibility index (Phi) is 5.85. The summed E-state index contributed by atoms with van der Waals surface area (Å²) in [5, 5.41) is 7.46. The first-order chi connectivity index (χ1) is 22.3. The van der Waals surface area contributed by atoms with Crippen LogP contribution in [0.3, 0.4) is 0 Å². The maximum atomic E-state index is 4.75. The van der Waals surface area contributed by atoms with Gasteiger partial charge in [0.25, 0.3) is 0 Å². The van der Waals surface area contributed by atoms with Crippen molar-refractivity contribution < 1.29 is 0 Å². The van der Waals surface area contributed by atoms with Crippen LogP contribution in [0.1, 0.15) is 0 Å². The molecule has 2 heterocycles. The highest BCUT2D eigenvalue weighted by molar-refractivity contribution is 6.21. The predicted octanol–water partition coefficient (Wildman–Crippen LogP) is 11.5. The van der Waals surface area contributed by atoms with Crippen LogP contribution >= 0.6 is 0 Å². The van der Waals surface area contributed by atoms with Crippen molar-refractivity contribution in [2.45, 2.75) is 0 Å². The van der Waals surface area contributed by atoms with Crippen LogP contribution in [0, 0.1) is 0 Å². The van der Waals surface area contributed by atoms with Crippen molar-refractivity contribution in [3.63, 3.8) is 0 Å². The van der Waals surface area contributed by atoms with Crippen LogP contribution in [0.2, 0.25) is 0 Å². The third-order valence-electron chi connectivity index (χ3n) is 9.07. The maximum absolute atomic E-state index is 4.75. The van der Waals surface area contributed by atoms with E-state index in [0.717, 1.165) is 5.69 Å². The number of hydrogen-bond acceptors (Lipinski definition) is 1. The van der Waals surface area contributed by atoms with Crippen LogP contribution in [0.5, 0.6) is 0 Å². The Hall–Kier alpha value is -5.99. The van der Waals surface area contributed by atoms with Crippen LogP contribution in [-0.4, -0.2) is 9.55 Å². The van der Waals surface area contributed by atoms with E-state index in [-0.39, 0.29) is 0 Å². The normalized spacial score (nSPS) is 11.6. The van der Waals surface area contributed by atoms with E-state index >= 15 is 0 Å². The van der Waals surface area contributed by atoms with Crippen molar-refractivity contribution in [2.24, 2.45) is 0 Å². The first-order valence-electron chi connectivity index (χ1n) is 15.4. The summed E-state index contributed by atoms with van der Waals surface area (Å²) in [5.41, 5.74) is 10.7. The number of benzene rings is 7. The fraction of sp³-hybridized carbons (Fsp3) is 0. The zero-order valence-corrected chi connectivity index (χ0v) is 24.6. The fourth-order valence-corrected chi connectivity index (χ4v) is 7.06. The molecule has 0 saturated heterocycles. The molecule has 45 heavy (non-hydrogen) atoms. The second kappa shape index (κ2) is 10.3. The molecule has 210 valence electrons. The van der Waals surface area contributed by atoms with Gasteiger partial charge in [-0.15, -0.1) is 0 Å². The first kappa shape index (κ1) is 25.5. The van der Waals surface area contributed by atoms with Crippen molar-refractivity contribution in [2.75, 3.05) is 0 Å². The van der Waals surface area contributed by atoms with Gasteiger partial charge in [0, 0.05) is 28.2 Å². The summed E-state index contributed by atoms with van der Waals surface area (Å²) >= 11 is 0. The van der Waals surface area contributed by atoms with Gasteiger partial charge in [-0.1, -0.05) is 127 Å². The molecule has 2 aromatic heterocycles. The standard InChI is InChI=1S/C43H28N2/c1-3-15-37-35(13-1)42(36-14-2-4-16-38(36)43(37)39-17-9-10-28-44-39)31-22-20-29(21-23-31)30-24-26-32(27-25-30)45-40-18-7-5-11-33(40)34-12-6-8-19-41(34)45/h1-28H. The Bertz CT molecular complexity index is 2390. The summed E-state index contributed by atoms with van der Waals surface area (Å²) < 4.78 is 2.36. The molecule has 0 amide bonds. The van der Waals surface area contributed by atoms with Crippen LogP contribution < -0.4 is 0 Å². The van der Waals surface area contributed by atoms with Gasteiger partial charge in [-0.3, -0.25) is 4.98 Å². The van der Waals surface area contributed by atoms with Gasteiger partial charge in [-0.25, -0.2) is 0 Å². The summed E-state index contributed by atoms with van der Waals surface area (Å²) in [6.07, 6.45) is 1.88. The lowest BCUT2D eigenvalue weighted by atomic mass is 9.87. The second-order valence-corrected chi connectivity index (χ2v) is 11.6. The number of hydrogen-bond donors (Lipinski definition) is 0. The summed E-state index contributed by atoms with van der Waals surface area (Å²) in [6, 6.07) is 58.9. The van der Waals surface area contributed by atoms with Crippen LogP contribution in [0.25, 0.3) is 82.5 Å². The van der Waals surface area contributed by atoms with E-state index in [4.69, 9.17) is 4.98 Å². The minimum absolute atomic E-state index is 0.996. The van der Waals surface area contributed by atoms with Crippen molar-refractivity contribution in [3.8, 4) is 39.2 Å². The minimum atomic E-state index is 0.996. The maximum Gasteiger partial charge on any atom is 0.0714 e. The highest BCUT2D eigenvalue weighted by Gasteiger charge is 2.17. The van der Waals surface area contributed by atoms with Crippen molar-refractivity contribution >= 4 is 43.4 Å². The van der Waals surface area contributed by atoms with Gasteiger partial charge in [0.1, 0.15) is 0 Å². The first-order valence-corrected chi connectivity index (χ1v) is 15.4. The van der Waals surface area contributed by atoms with Gasteiger partial charge in [0.2, 0.25) is 0 Å². The van der Waals surface area contributed by atoms with Gasteiger partial charge < -0.3 is 4.57 Å². The average Bonchev–Trinajstić information content (AvgIpc) is 3.45. The molecule has 0 radical (unpaired) electrons. The summed E-state index contributed by atoms with van der Waals surface area (Å²) in [5.74, 6) is 0. The van der Waals surface area contributed by atoms with Crippen LogP contribution in [0.15, 0.2) is 170 Å². The number of rotatable bonds is 4. The second-order valence-electron chi connectivity index (χ2n) is 11.6. The Morgan fingerprint density at radius 2 is 0.756 bits per heavy atom. The molecular weight excluding hydrogens is 544 g/mol. The third-order valence-corrected chi connectivity index (χ3v) is 9.07. The van der Waals surface area contributed by atoms with E-state index in [2.05, 4.69) is 162 Å². The molecule has 0 saturated carbocycles. The van der Waals surface area contributed by atoms with Crippen molar-refractivity contribution in [1.82, 2.24) is 9.55 Å². The summed E-state index contributed by atoms with van der Waals surface area (Å²) in [6.45, 7) is 0. The Morgan fingerprint density at radius 3 is 1.27 bits per heavy atom. The number of pyridine rings is 1.